The number of aliphatic carboxylic acids is 1. The second kappa shape index (κ2) is 13.0. The fraction of sp³-hybridized carbons (Fsp3) is 0.417. The number of rotatable bonds is 9. The number of carbonyl (C=O) groups excluding carboxylic acids is 2. The lowest BCUT2D eigenvalue weighted by molar-refractivity contribution is -0.150. The third kappa shape index (κ3) is 5.86. The first-order valence-electron chi connectivity index (χ1n) is 17.0. The summed E-state index contributed by atoms with van der Waals surface area (Å²) < 4.78 is 17.6. The van der Waals surface area contributed by atoms with Crippen molar-refractivity contribution in [2.75, 3.05) is 36.8 Å². The van der Waals surface area contributed by atoms with Crippen LogP contribution in [0.3, 0.4) is 0 Å². The summed E-state index contributed by atoms with van der Waals surface area (Å²) in [6, 6.07) is 9.40. The van der Waals surface area contributed by atoms with Gasteiger partial charge in [-0.05, 0) is 55.3 Å². The van der Waals surface area contributed by atoms with Crippen LogP contribution in [0.2, 0.25) is 5.02 Å². The van der Waals surface area contributed by atoms with Crippen LogP contribution in [0.25, 0.3) is 10.9 Å². The molecule has 3 N–H and O–H groups in total. The smallest absolute Gasteiger partial charge is 0.352 e. The van der Waals surface area contributed by atoms with E-state index in [9.17, 15) is 34.2 Å². The lowest BCUT2D eigenvalue weighted by atomic mass is 9.91. The largest absolute Gasteiger partial charge is 0.477 e. The van der Waals surface area contributed by atoms with E-state index >= 15 is 4.39 Å². The van der Waals surface area contributed by atoms with Crippen LogP contribution in [0.4, 0.5) is 10.1 Å². The summed E-state index contributed by atoms with van der Waals surface area (Å²) in [5, 5.41) is 22.2. The first-order valence-corrected chi connectivity index (χ1v) is 18.5. The molecule has 51 heavy (non-hydrogen) atoms. The van der Waals surface area contributed by atoms with E-state index in [1.807, 2.05) is 35.2 Å². The van der Waals surface area contributed by atoms with Crippen LogP contribution in [0.5, 0.6) is 0 Å². The Labute approximate surface area is 300 Å². The number of piperidine rings is 1. The van der Waals surface area contributed by atoms with Crippen LogP contribution in [-0.2, 0) is 20.8 Å². The number of β-lactam (4-membered cyclic amide) rings is 1. The number of carboxylic acids is 2. The molecule has 1 aliphatic carbocycles. The molecule has 12 nitrogen and oxygen atoms in total. The Hall–Kier alpha value is -4.40. The Kier molecular flexibility index (Phi) is 8.58. The molecule has 4 aliphatic heterocycles. The second-order valence-electron chi connectivity index (χ2n) is 14.0. The predicted octanol–water partition coefficient (Wildman–Crippen LogP) is 3.71. The maximum Gasteiger partial charge on any atom is 0.352 e. The SMILES string of the molecule is O=C(Cc1ccccc1)N[C@@H]1C(=O)N2C(C(=O)O)=C(CN3CCC[C@H]4CN(c5c(F)cc6c(=O)c(C(=O)O)cn(C7CC7)c6c5Cl)C[C@H]43)CS[C@H]12. The van der Waals surface area contributed by atoms with Crippen LogP contribution in [0, 0.1) is 11.7 Å². The maximum absolute atomic E-state index is 15.9. The summed E-state index contributed by atoms with van der Waals surface area (Å²) >= 11 is 8.37. The Morgan fingerprint density at radius 3 is 2.51 bits per heavy atom. The van der Waals surface area contributed by atoms with Crippen LogP contribution >= 0.6 is 23.4 Å². The molecule has 5 heterocycles. The van der Waals surface area contributed by atoms with Gasteiger partial charge in [0, 0.05) is 43.7 Å². The minimum atomic E-state index is -1.38. The predicted molar refractivity (Wildman–Crippen MR) is 189 cm³/mol. The molecule has 2 amide bonds. The van der Waals surface area contributed by atoms with Gasteiger partial charge in [-0.15, -0.1) is 11.8 Å². The molecule has 1 aromatic heterocycles. The molecule has 266 valence electrons. The zero-order chi connectivity index (χ0) is 35.7. The van der Waals surface area contributed by atoms with Crippen LogP contribution in [0.15, 0.2) is 58.7 Å². The molecule has 15 heteroatoms. The van der Waals surface area contributed by atoms with E-state index in [1.165, 1.54) is 22.9 Å². The van der Waals surface area contributed by atoms with Gasteiger partial charge >= 0.3 is 11.9 Å². The molecular weight excluding hydrogens is 701 g/mol. The number of amides is 2. The number of thioether (sulfide) groups is 1. The van der Waals surface area contributed by atoms with Crippen LogP contribution in [0.1, 0.15) is 47.6 Å². The molecule has 0 bridgehead atoms. The van der Waals surface area contributed by atoms with Gasteiger partial charge in [-0.1, -0.05) is 41.9 Å². The summed E-state index contributed by atoms with van der Waals surface area (Å²) in [6.07, 6.45) is 4.75. The van der Waals surface area contributed by atoms with Gasteiger partial charge in [-0.2, -0.15) is 0 Å². The molecule has 0 unspecified atom stereocenters. The number of nitrogens with zero attached hydrogens (tertiary/aromatic N) is 4. The van der Waals surface area contributed by atoms with Gasteiger partial charge < -0.3 is 25.0 Å². The zero-order valence-corrected chi connectivity index (χ0v) is 29.0. The molecule has 5 aliphatic rings. The summed E-state index contributed by atoms with van der Waals surface area (Å²) in [5.41, 5.74) is 0.678. The average Bonchev–Trinajstić information content (AvgIpc) is 3.86. The number of aromatic nitrogens is 1. The molecule has 3 aromatic rings. The van der Waals surface area contributed by atoms with E-state index in [-0.39, 0.29) is 52.1 Å². The lowest BCUT2D eigenvalue weighted by Gasteiger charge is -2.50. The number of pyridine rings is 1. The van der Waals surface area contributed by atoms with Crippen molar-refractivity contribution >= 4 is 63.7 Å². The van der Waals surface area contributed by atoms with Crippen molar-refractivity contribution in [3.63, 3.8) is 0 Å². The van der Waals surface area contributed by atoms with Crippen molar-refractivity contribution in [3.05, 3.63) is 86.1 Å². The Morgan fingerprint density at radius 1 is 1.04 bits per heavy atom. The zero-order valence-electron chi connectivity index (χ0n) is 27.4. The number of likely N-dealkylation sites (tertiary alicyclic amines) is 1. The number of benzene rings is 2. The number of nitrogens with one attached hydrogen (secondary N) is 1. The highest BCUT2D eigenvalue weighted by Gasteiger charge is 2.54. The molecule has 0 spiro atoms. The third-order valence-corrected chi connectivity index (χ3v) is 12.4. The van der Waals surface area contributed by atoms with Crippen molar-refractivity contribution in [1.29, 1.82) is 0 Å². The van der Waals surface area contributed by atoms with E-state index in [4.69, 9.17) is 11.6 Å². The van der Waals surface area contributed by atoms with Gasteiger partial charge in [0.1, 0.15) is 28.5 Å². The molecule has 4 atom stereocenters. The maximum atomic E-state index is 15.9. The monoisotopic (exact) mass is 735 g/mol. The van der Waals surface area contributed by atoms with E-state index in [0.29, 0.717) is 43.0 Å². The third-order valence-electron chi connectivity index (χ3n) is 10.7. The number of hydrogen-bond acceptors (Lipinski definition) is 8. The molecule has 2 aromatic carbocycles. The fourth-order valence-electron chi connectivity index (χ4n) is 8.22. The number of aromatic carboxylic acids is 1. The molecule has 8 rings (SSSR count). The van der Waals surface area contributed by atoms with E-state index in [1.54, 1.807) is 4.57 Å². The number of fused-ring (bicyclic) bond motifs is 3. The highest BCUT2D eigenvalue weighted by molar-refractivity contribution is 8.00. The molecular formula is C36H35ClFN5O7S. The normalized spacial score (nSPS) is 24.7. The Bertz CT molecular complexity index is 2090. The lowest BCUT2D eigenvalue weighted by Crippen LogP contribution is -2.70. The van der Waals surface area contributed by atoms with Gasteiger partial charge in [0.25, 0.3) is 5.91 Å². The number of carbonyl (C=O) groups is 4. The van der Waals surface area contributed by atoms with Gasteiger partial charge in [0.2, 0.25) is 11.3 Å². The highest BCUT2D eigenvalue weighted by atomic mass is 35.5. The van der Waals surface area contributed by atoms with Crippen molar-refractivity contribution in [2.24, 2.45) is 5.92 Å². The van der Waals surface area contributed by atoms with Gasteiger partial charge in [0.15, 0.2) is 0 Å². The van der Waals surface area contributed by atoms with Gasteiger partial charge in [-0.3, -0.25) is 24.2 Å². The number of anilines is 1. The van der Waals surface area contributed by atoms with Crippen LogP contribution in [-0.4, -0.2) is 97.7 Å². The fourth-order valence-corrected chi connectivity index (χ4v) is 9.97. The topological polar surface area (TPSA) is 152 Å². The summed E-state index contributed by atoms with van der Waals surface area (Å²) in [7, 11) is 0. The van der Waals surface area contributed by atoms with Crippen molar-refractivity contribution in [1.82, 2.24) is 19.7 Å². The average molecular weight is 736 g/mol. The molecule has 1 saturated carbocycles. The Morgan fingerprint density at radius 2 is 1.80 bits per heavy atom. The minimum absolute atomic E-state index is 0.0255. The van der Waals surface area contributed by atoms with Gasteiger partial charge in [-0.25, -0.2) is 14.0 Å². The van der Waals surface area contributed by atoms with E-state index < -0.39 is 46.1 Å². The van der Waals surface area contributed by atoms with Crippen molar-refractivity contribution in [2.45, 2.75) is 55.6 Å². The first-order chi connectivity index (χ1) is 24.5. The van der Waals surface area contributed by atoms with Crippen molar-refractivity contribution in [3.8, 4) is 0 Å². The number of hydrogen-bond donors (Lipinski definition) is 3. The first kappa shape index (κ1) is 33.7. The Balaban J connectivity index is 1.03. The standard InChI is InChI=1S/C36H35ClFN5O7S/c37-27-30-22(32(45)23(35(47)48)15-42(30)21-8-9-21)12-24(38)31(27)41-13-19-7-4-10-40(25(19)16-41)14-20-17-51-34-28(33(46)43(34)29(20)36(49)50)39-26(44)11-18-5-2-1-3-6-18/h1-3,5-6,12,15,19,21,25,28,34H,4,7-11,13-14,16-17H2,(H,39,44)(H,47,48)(H,49,50)/t19-,25+,28+,34+/m0/s1. The quantitative estimate of drug-likeness (QED) is 0.278. The molecule has 0 radical (unpaired) electrons. The summed E-state index contributed by atoms with van der Waals surface area (Å²) in [6.45, 7) is 1.93. The number of halogens is 2. The highest BCUT2D eigenvalue weighted by Crippen LogP contribution is 2.45. The minimum Gasteiger partial charge on any atom is -0.477 e. The van der Waals surface area contributed by atoms with Crippen LogP contribution < -0.4 is 15.6 Å². The molecule has 4 fully saturated rings. The number of carboxylic acid groups (broad SMARTS) is 2. The van der Waals surface area contributed by atoms with Gasteiger partial charge in [0.05, 0.1) is 28.0 Å². The summed E-state index contributed by atoms with van der Waals surface area (Å²) in [5.74, 6) is -3.52. The summed E-state index contributed by atoms with van der Waals surface area (Å²) in [4.78, 5) is 69.0. The molecule has 3 saturated heterocycles. The van der Waals surface area contributed by atoms with Crippen molar-refractivity contribution < 1.29 is 33.8 Å². The van der Waals surface area contributed by atoms with E-state index in [2.05, 4.69) is 10.2 Å². The van der Waals surface area contributed by atoms with E-state index in [0.717, 1.165) is 37.3 Å². The second-order valence-corrected chi connectivity index (χ2v) is 15.4.